The first kappa shape index (κ1) is 16.0. The van der Waals surface area contributed by atoms with E-state index in [1.807, 2.05) is 0 Å². The fraction of sp³-hybridized carbons (Fsp3) is 0.188. The number of para-hydroxylation sites is 1. The van der Waals surface area contributed by atoms with E-state index in [-0.39, 0.29) is 10.5 Å². The molecule has 0 radical (unpaired) electrons. The Labute approximate surface area is 129 Å². The van der Waals surface area contributed by atoms with Crippen LogP contribution in [0, 0.1) is 20.8 Å². The molecule has 0 saturated carbocycles. The lowest BCUT2D eigenvalue weighted by atomic mass is 10.1. The van der Waals surface area contributed by atoms with E-state index in [0.29, 0.717) is 16.8 Å². The van der Waals surface area contributed by atoms with Gasteiger partial charge in [0.05, 0.1) is 16.6 Å². The molecule has 5 nitrogen and oxygen atoms in total. The fourth-order valence-corrected chi connectivity index (χ4v) is 3.59. The van der Waals surface area contributed by atoms with Gasteiger partial charge in [0.25, 0.3) is 10.0 Å². The van der Waals surface area contributed by atoms with Gasteiger partial charge < -0.3 is 9.90 Å². The molecule has 0 aliphatic heterocycles. The number of hydrogen-bond acceptors (Lipinski definition) is 4. The molecule has 0 amide bonds. The van der Waals surface area contributed by atoms with Crippen LogP contribution in [0.4, 0.5) is 5.69 Å². The molecule has 116 valence electrons. The number of carbonyl (C=O) groups is 1. The third kappa shape index (κ3) is 3.12. The minimum Gasteiger partial charge on any atom is -0.545 e. The number of rotatable bonds is 4. The van der Waals surface area contributed by atoms with E-state index in [4.69, 9.17) is 0 Å². The summed E-state index contributed by atoms with van der Waals surface area (Å²) in [5, 5.41) is 11.0. The van der Waals surface area contributed by atoms with E-state index >= 15 is 0 Å². The molecule has 0 bridgehead atoms. The Morgan fingerprint density at radius 2 is 1.68 bits per heavy atom. The number of carboxylic acids is 1. The quantitative estimate of drug-likeness (QED) is 0.931. The average molecular weight is 318 g/mol. The van der Waals surface area contributed by atoms with Gasteiger partial charge in [-0.25, -0.2) is 8.42 Å². The predicted molar refractivity (Wildman–Crippen MR) is 82.2 cm³/mol. The zero-order valence-electron chi connectivity index (χ0n) is 12.5. The van der Waals surface area contributed by atoms with Crippen LogP contribution in [-0.2, 0) is 10.0 Å². The van der Waals surface area contributed by atoms with Crippen LogP contribution in [0.1, 0.15) is 27.0 Å². The van der Waals surface area contributed by atoms with Crippen LogP contribution in [-0.4, -0.2) is 14.4 Å². The van der Waals surface area contributed by atoms with E-state index < -0.39 is 16.0 Å². The zero-order valence-corrected chi connectivity index (χ0v) is 13.3. The third-order valence-electron chi connectivity index (χ3n) is 3.53. The lowest BCUT2D eigenvalue weighted by Crippen LogP contribution is -2.24. The van der Waals surface area contributed by atoms with Crippen LogP contribution in [0.3, 0.4) is 0 Å². The molecule has 0 heterocycles. The summed E-state index contributed by atoms with van der Waals surface area (Å²) in [5.74, 6) is -1.41. The summed E-state index contributed by atoms with van der Waals surface area (Å²) in [6.45, 7) is 5.09. The topological polar surface area (TPSA) is 86.3 Å². The van der Waals surface area contributed by atoms with Gasteiger partial charge in [-0.05, 0) is 61.2 Å². The summed E-state index contributed by atoms with van der Waals surface area (Å²) in [6.07, 6.45) is 0. The maximum absolute atomic E-state index is 12.6. The first-order valence-electron chi connectivity index (χ1n) is 6.63. The molecule has 0 saturated heterocycles. The van der Waals surface area contributed by atoms with Gasteiger partial charge in [0, 0.05) is 0 Å². The maximum Gasteiger partial charge on any atom is 0.262 e. The maximum atomic E-state index is 12.6. The Hall–Kier alpha value is -2.34. The first-order chi connectivity index (χ1) is 10.2. The molecule has 0 atom stereocenters. The van der Waals surface area contributed by atoms with Crippen LogP contribution in [0.2, 0.25) is 0 Å². The van der Waals surface area contributed by atoms with Gasteiger partial charge in [0.15, 0.2) is 0 Å². The lowest BCUT2D eigenvalue weighted by molar-refractivity contribution is -0.255. The molecular formula is C16H16NO4S-. The van der Waals surface area contributed by atoms with Crippen LogP contribution >= 0.6 is 0 Å². The molecule has 0 unspecified atom stereocenters. The monoisotopic (exact) mass is 318 g/mol. The molecule has 0 spiro atoms. The number of aryl methyl sites for hydroxylation is 2. The van der Waals surface area contributed by atoms with E-state index in [1.165, 1.54) is 6.07 Å². The van der Waals surface area contributed by atoms with Crippen molar-refractivity contribution in [2.24, 2.45) is 0 Å². The molecule has 2 aromatic carbocycles. The molecule has 1 N–H and O–H groups in total. The van der Waals surface area contributed by atoms with E-state index in [1.54, 1.807) is 45.0 Å². The number of anilines is 1. The van der Waals surface area contributed by atoms with Crippen molar-refractivity contribution >= 4 is 21.7 Å². The molecular weight excluding hydrogens is 302 g/mol. The Kier molecular flexibility index (Phi) is 4.23. The van der Waals surface area contributed by atoms with Crippen molar-refractivity contribution in [3.05, 3.63) is 58.7 Å². The highest BCUT2D eigenvalue weighted by Gasteiger charge is 2.20. The molecule has 0 fully saturated rings. The Morgan fingerprint density at radius 1 is 1.05 bits per heavy atom. The standard InChI is InChI=1S/C16H17NO4S/c1-10-6-4-5-7-14(10)17-22(20,21)15-9-13(16(18)19)8-11(2)12(15)3/h4-9,17H,1-3H3,(H,18,19)/p-1. The van der Waals surface area contributed by atoms with Crippen molar-refractivity contribution in [1.82, 2.24) is 0 Å². The fourth-order valence-electron chi connectivity index (χ4n) is 2.11. The number of sulfonamides is 1. The largest absolute Gasteiger partial charge is 0.545 e. The van der Waals surface area contributed by atoms with Crippen molar-refractivity contribution in [2.75, 3.05) is 4.72 Å². The Bertz CT molecular complexity index is 841. The third-order valence-corrected chi connectivity index (χ3v) is 5.03. The second-order valence-electron chi connectivity index (χ2n) is 5.12. The number of aromatic carboxylic acids is 1. The highest BCUT2D eigenvalue weighted by molar-refractivity contribution is 7.92. The van der Waals surface area contributed by atoms with Crippen molar-refractivity contribution in [1.29, 1.82) is 0 Å². The van der Waals surface area contributed by atoms with Gasteiger partial charge in [0.1, 0.15) is 0 Å². The summed E-state index contributed by atoms with van der Waals surface area (Å²) < 4.78 is 27.7. The van der Waals surface area contributed by atoms with Crippen LogP contribution in [0.25, 0.3) is 0 Å². The van der Waals surface area contributed by atoms with Gasteiger partial charge in [-0.15, -0.1) is 0 Å². The molecule has 6 heteroatoms. The van der Waals surface area contributed by atoms with Gasteiger partial charge in [-0.2, -0.15) is 0 Å². The summed E-state index contributed by atoms with van der Waals surface area (Å²) in [5.41, 5.74) is 2.15. The number of carbonyl (C=O) groups excluding carboxylic acids is 1. The molecule has 0 aliphatic rings. The smallest absolute Gasteiger partial charge is 0.262 e. The number of hydrogen-bond donors (Lipinski definition) is 1. The Morgan fingerprint density at radius 3 is 2.27 bits per heavy atom. The first-order valence-corrected chi connectivity index (χ1v) is 8.12. The summed E-state index contributed by atoms with van der Waals surface area (Å²) in [4.78, 5) is 11.0. The predicted octanol–water partition coefficient (Wildman–Crippen LogP) is 1.78. The van der Waals surface area contributed by atoms with E-state index in [9.17, 15) is 18.3 Å². The second kappa shape index (κ2) is 5.81. The van der Waals surface area contributed by atoms with Crippen molar-refractivity contribution in [2.45, 2.75) is 25.7 Å². The molecule has 2 aromatic rings. The summed E-state index contributed by atoms with van der Waals surface area (Å²) in [6, 6.07) is 9.49. The van der Waals surface area contributed by atoms with Gasteiger partial charge in [-0.1, -0.05) is 18.2 Å². The minimum absolute atomic E-state index is 0.0602. The molecule has 0 aromatic heterocycles. The minimum atomic E-state index is -3.89. The number of carboxylic acid groups (broad SMARTS) is 1. The SMILES string of the molecule is Cc1ccccc1NS(=O)(=O)c1cc(C(=O)[O-])cc(C)c1C. The molecule has 0 aliphatic carbocycles. The summed E-state index contributed by atoms with van der Waals surface area (Å²) >= 11 is 0. The van der Waals surface area contributed by atoms with E-state index in [2.05, 4.69) is 4.72 Å². The highest BCUT2D eigenvalue weighted by atomic mass is 32.2. The lowest BCUT2D eigenvalue weighted by Gasteiger charge is -2.15. The van der Waals surface area contributed by atoms with Gasteiger partial charge >= 0.3 is 0 Å². The second-order valence-corrected chi connectivity index (χ2v) is 6.77. The molecule has 22 heavy (non-hydrogen) atoms. The van der Waals surface area contributed by atoms with Crippen molar-refractivity contribution in [3.8, 4) is 0 Å². The van der Waals surface area contributed by atoms with E-state index in [0.717, 1.165) is 11.6 Å². The van der Waals surface area contributed by atoms with Gasteiger partial charge in [-0.3, -0.25) is 4.72 Å². The van der Waals surface area contributed by atoms with Gasteiger partial charge in [0.2, 0.25) is 0 Å². The van der Waals surface area contributed by atoms with Crippen molar-refractivity contribution < 1.29 is 18.3 Å². The highest BCUT2D eigenvalue weighted by Crippen LogP contribution is 2.24. The van der Waals surface area contributed by atoms with Crippen molar-refractivity contribution in [3.63, 3.8) is 0 Å². The average Bonchev–Trinajstić information content (AvgIpc) is 2.43. The van der Waals surface area contributed by atoms with Crippen LogP contribution in [0.5, 0.6) is 0 Å². The number of nitrogens with one attached hydrogen (secondary N) is 1. The Balaban J connectivity index is 2.54. The zero-order chi connectivity index (χ0) is 16.5. The van der Waals surface area contributed by atoms with Crippen LogP contribution < -0.4 is 9.83 Å². The number of benzene rings is 2. The summed E-state index contributed by atoms with van der Waals surface area (Å²) in [7, 11) is -3.89. The molecule has 2 rings (SSSR count). The normalized spacial score (nSPS) is 11.2. The van der Waals surface area contributed by atoms with Crippen LogP contribution in [0.15, 0.2) is 41.3 Å².